The Balaban J connectivity index is 1.91. The van der Waals surface area contributed by atoms with Gasteiger partial charge in [0.1, 0.15) is 0 Å². The van der Waals surface area contributed by atoms with Gasteiger partial charge in [-0.25, -0.2) is 4.98 Å². The number of hydrogen-bond acceptors (Lipinski definition) is 4. The standard InChI is InChI=1S/C14H18BrN3S/c1-18(8-11-3-2-4-12(15)7-11)9-13-10-19-14(17-13)5-6-16/h2-4,7,10H,5-6,8-9,16H2,1H3. The minimum absolute atomic E-state index is 0.667. The molecule has 102 valence electrons. The van der Waals surface area contributed by atoms with Crippen LogP contribution in [-0.2, 0) is 19.5 Å². The number of nitrogens with zero attached hydrogens (tertiary/aromatic N) is 2. The molecule has 0 radical (unpaired) electrons. The van der Waals surface area contributed by atoms with E-state index in [4.69, 9.17) is 5.73 Å². The van der Waals surface area contributed by atoms with E-state index in [-0.39, 0.29) is 0 Å². The van der Waals surface area contributed by atoms with E-state index in [0.29, 0.717) is 6.54 Å². The van der Waals surface area contributed by atoms with Crippen molar-refractivity contribution in [3.8, 4) is 0 Å². The molecule has 0 saturated carbocycles. The van der Waals surface area contributed by atoms with E-state index in [1.807, 2.05) is 6.07 Å². The molecule has 0 saturated heterocycles. The van der Waals surface area contributed by atoms with Gasteiger partial charge in [-0.05, 0) is 31.3 Å². The van der Waals surface area contributed by atoms with Gasteiger partial charge in [0.25, 0.3) is 0 Å². The number of rotatable bonds is 6. The SMILES string of the molecule is CN(Cc1cccc(Br)c1)Cc1csc(CCN)n1. The van der Waals surface area contributed by atoms with Crippen molar-refractivity contribution in [2.75, 3.05) is 13.6 Å². The molecular formula is C14H18BrN3S. The zero-order valence-electron chi connectivity index (χ0n) is 11.0. The Morgan fingerprint density at radius 3 is 2.95 bits per heavy atom. The molecule has 2 N–H and O–H groups in total. The first-order valence-electron chi connectivity index (χ1n) is 6.23. The predicted molar refractivity (Wildman–Crippen MR) is 84.2 cm³/mol. The van der Waals surface area contributed by atoms with E-state index < -0.39 is 0 Å². The maximum absolute atomic E-state index is 5.54. The summed E-state index contributed by atoms with van der Waals surface area (Å²) >= 11 is 5.20. The van der Waals surface area contributed by atoms with Gasteiger partial charge < -0.3 is 5.73 Å². The number of hydrogen-bond donors (Lipinski definition) is 1. The van der Waals surface area contributed by atoms with Gasteiger partial charge in [0.2, 0.25) is 0 Å². The second kappa shape index (κ2) is 7.14. The molecule has 0 amide bonds. The summed E-state index contributed by atoms with van der Waals surface area (Å²) in [5.74, 6) is 0. The Hall–Kier alpha value is -0.750. The highest BCUT2D eigenvalue weighted by atomic mass is 79.9. The van der Waals surface area contributed by atoms with E-state index in [9.17, 15) is 0 Å². The van der Waals surface area contributed by atoms with Crippen molar-refractivity contribution >= 4 is 27.3 Å². The molecule has 0 spiro atoms. The minimum atomic E-state index is 0.667. The average molecular weight is 340 g/mol. The Kier molecular flexibility index (Phi) is 5.51. The van der Waals surface area contributed by atoms with Crippen LogP contribution in [0, 0.1) is 0 Å². The summed E-state index contributed by atoms with van der Waals surface area (Å²) < 4.78 is 1.12. The van der Waals surface area contributed by atoms with Crippen LogP contribution in [0.3, 0.4) is 0 Å². The second-order valence-electron chi connectivity index (χ2n) is 4.57. The molecule has 0 bridgehead atoms. The number of thiazole rings is 1. The molecule has 3 nitrogen and oxygen atoms in total. The smallest absolute Gasteiger partial charge is 0.0941 e. The normalized spacial score (nSPS) is 11.2. The van der Waals surface area contributed by atoms with Crippen LogP contribution in [0.1, 0.15) is 16.3 Å². The third-order valence-electron chi connectivity index (χ3n) is 2.73. The lowest BCUT2D eigenvalue weighted by Crippen LogP contribution is -2.17. The highest BCUT2D eigenvalue weighted by molar-refractivity contribution is 9.10. The van der Waals surface area contributed by atoms with Crippen molar-refractivity contribution in [3.63, 3.8) is 0 Å². The first-order chi connectivity index (χ1) is 9.17. The van der Waals surface area contributed by atoms with Crippen molar-refractivity contribution in [2.24, 2.45) is 5.73 Å². The molecule has 5 heteroatoms. The number of benzene rings is 1. The summed E-state index contributed by atoms with van der Waals surface area (Å²) in [6, 6.07) is 8.40. The molecule has 19 heavy (non-hydrogen) atoms. The Labute approximate surface area is 126 Å². The maximum atomic E-state index is 5.54. The predicted octanol–water partition coefficient (Wildman–Crippen LogP) is 3.04. The Bertz CT molecular complexity index is 527. The van der Waals surface area contributed by atoms with Gasteiger partial charge in [0, 0.05) is 29.4 Å². The van der Waals surface area contributed by atoms with Crippen LogP contribution in [0.25, 0.3) is 0 Å². The molecule has 2 aromatic rings. The Morgan fingerprint density at radius 2 is 2.21 bits per heavy atom. The molecule has 0 atom stereocenters. The third-order valence-corrected chi connectivity index (χ3v) is 4.18. The summed E-state index contributed by atoms with van der Waals surface area (Å²) in [7, 11) is 2.11. The fourth-order valence-electron chi connectivity index (χ4n) is 1.94. The topological polar surface area (TPSA) is 42.1 Å². The molecule has 1 aromatic carbocycles. The fraction of sp³-hybridized carbons (Fsp3) is 0.357. The van der Waals surface area contributed by atoms with Crippen LogP contribution < -0.4 is 5.73 Å². The van der Waals surface area contributed by atoms with Crippen LogP contribution in [0.5, 0.6) is 0 Å². The Morgan fingerprint density at radius 1 is 1.37 bits per heavy atom. The highest BCUT2D eigenvalue weighted by Crippen LogP contribution is 2.15. The zero-order chi connectivity index (χ0) is 13.7. The van der Waals surface area contributed by atoms with Crippen molar-refractivity contribution in [1.29, 1.82) is 0 Å². The van der Waals surface area contributed by atoms with Gasteiger partial charge in [-0.3, -0.25) is 4.90 Å². The van der Waals surface area contributed by atoms with Gasteiger partial charge in [-0.15, -0.1) is 11.3 Å². The first-order valence-corrected chi connectivity index (χ1v) is 7.91. The van der Waals surface area contributed by atoms with Crippen LogP contribution in [-0.4, -0.2) is 23.5 Å². The number of halogens is 1. The molecular weight excluding hydrogens is 322 g/mol. The molecule has 0 aliphatic rings. The molecule has 1 heterocycles. The largest absolute Gasteiger partial charge is 0.330 e. The lowest BCUT2D eigenvalue weighted by atomic mass is 10.2. The van der Waals surface area contributed by atoms with Gasteiger partial charge in [-0.2, -0.15) is 0 Å². The van der Waals surface area contributed by atoms with Crippen molar-refractivity contribution in [2.45, 2.75) is 19.5 Å². The quantitative estimate of drug-likeness (QED) is 0.879. The van der Waals surface area contributed by atoms with E-state index >= 15 is 0 Å². The average Bonchev–Trinajstić information content (AvgIpc) is 2.77. The molecule has 0 unspecified atom stereocenters. The van der Waals surface area contributed by atoms with Crippen LogP contribution in [0.2, 0.25) is 0 Å². The minimum Gasteiger partial charge on any atom is -0.330 e. The summed E-state index contributed by atoms with van der Waals surface area (Å²) in [6.45, 7) is 2.46. The summed E-state index contributed by atoms with van der Waals surface area (Å²) in [5.41, 5.74) is 7.97. The van der Waals surface area contributed by atoms with Gasteiger partial charge in [0.15, 0.2) is 0 Å². The van der Waals surface area contributed by atoms with Gasteiger partial charge in [0.05, 0.1) is 10.7 Å². The number of aromatic nitrogens is 1. The first kappa shape index (κ1) is 14.7. The summed E-state index contributed by atoms with van der Waals surface area (Å²) in [4.78, 5) is 6.85. The molecule has 0 aliphatic carbocycles. The van der Waals surface area contributed by atoms with Crippen molar-refractivity contribution < 1.29 is 0 Å². The van der Waals surface area contributed by atoms with E-state index in [2.05, 4.69) is 56.4 Å². The third kappa shape index (κ3) is 4.69. The monoisotopic (exact) mass is 339 g/mol. The van der Waals surface area contributed by atoms with Gasteiger partial charge in [-0.1, -0.05) is 28.1 Å². The van der Waals surface area contributed by atoms with Gasteiger partial charge >= 0.3 is 0 Å². The maximum Gasteiger partial charge on any atom is 0.0941 e. The van der Waals surface area contributed by atoms with Crippen LogP contribution >= 0.6 is 27.3 Å². The summed E-state index contributed by atoms with van der Waals surface area (Å²) in [5, 5.41) is 3.26. The van der Waals surface area contributed by atoms with Crippen molar-refractivity contribution in [3.05, 3.63) is 50.4 Å². The molecule has 0 fully saturated rings. The molecule has 1 aromatic heterocycles. The molecule has 2 rings (SSSR count). The zero-order valence-corrected chi connectivity index (χ0v) is 13.4. The number of nitrogens with two attached hydrogens (primary N) is 1. The summed E-state index contributed by atoms with van der Waals surface area (Å²) in [6.07, 6.45) is 0.875. The van der Waals surface area contributed by atoms with E-state index in [1.54, 1.807) is 11.3 Å². The van der Waals surface area contributed by atoms with E-state index in [1.165, 1.54) is 5.56 Å². The van der Waals surface area contributed by atoms with Crippen molar-refractivity contribution in [1.82, 2.24) is 9.88 Å². The lowest BCUT2D eigenvalue weighted by molar-refractivity contribution is 0.315. The van der Waals surface area contributed by atoms with Crippen LogP contribution in [0.15, 0.2) is 34.1 Å². The second-order valence-corrected chi connectivity index (χ2v) is 6.43. The van der Waals surface area contributed by atoms with E-state index in [0.717, 1.165) is 34.7 Å². The fourth-order valence-corrected chi connectivity index (χ4v) is 3.19. The van der Waals surface area contributed by atoms with Crippen LogP contribution in [0.4, 0.5) is 0 Å². The highest BCUT2D eigenvalue weighted by Gasteiger charge is 2.06. The lowest BCUT2D eigenvalue weighted by Gasteiger charge is -2.15. The molecule has 0 aliphatic heterocycles.